The molecule has 0 aliphatic heterocycles. The van der Waals surface area contributed by atoms with E-state index in [4.69, 9.17) is 9.73 Å². The zero-order chi connectivity index (χ0) is 24.6. The number of hydrogen-bond acceptors (Lipinski definition) is 5. The lowest BCUT2D eigenvalue weighted by Gasteiger charge is -2.10. The number of aromatic nitrogens is 2. The third kappa shape index (κ3) is 6.47. The maximum atomic E-state index is 14.9. The number of nitrogens with zero attached hydrogens (tertiary/aromatic N) is 3. The van der Waals surface area contributed by atoms with Crippen LogP contribution in [0, 0.1) is 11.7 Å². The highest BCUT2D eigenvalue weighted by Crippen LogP contribution is 2.31. The SMILES string of the molecule is C/C=C(\C=C/CC)C(=Nc1cnc(Oc2ccnc(NC(=O)C3CC3)c2)c(F)c1)c1ccccc1. The molecule has 2 heterocycles. The fraction of sp³-hybridized carbons (Fsp3) is 0.214. The predicted octanol–water partition coefficient (Wildman–Crippen LogP) is 6.79. The van der Waals surface area contributed by atoms with Crippen molar-refractivity contribution in [2.75, 3.05) is 5.32 Å². The van der Waals surface area contributed by atoms with Crippen LogP contribution in [0.1, 0.15) is 38.7 Å². The maximum Gasteiger partial charge on any atom is 0.256 e. The first-order valence-corrected chi connectivity index (χ1v) is 11.6. The Kier molecular flexibility index (Phi) is 7.77. The Hall–Kier alpha value is -4.13. The van der Waals surface area contributed by atoms with Gasteiger partial charge in [-0.05, 0) is 37.8 Å². The van der Waals surface area contributed by atoms with E-state index in [0.29, 0.717) is 17.3 Å². The number of aliphatic imine (C=N–C) groups is 1. The molecule has 0 bridgehead atoms. The summed E-state index contributed by atoms with van der Waals surface area (Å²) in [5, 5.41) is 2.75. The summed E-state index contributed by atoms with van der Waals surface area (Å²) in [6.45, 7) is 4.01. The Balaban J connectivity index is 1.57. The first-order chi connectivity index (χ1) is 17.1. The minimum Gasteiger partial charge on any atom is -0.436 e. The van der Waals surface area contributed by atoms with Crippen LogP contribution in [0.15, 0.2) is 89.7 Å². The second-order valence-electron chi connectivity index (χ2n) is 8.10. The standard InChI is InChI=1S/C28H27FN4O2/c1-3-5-9-19(4-2)26(20-10-7-6-8-11-20)32-22-16-24(29)28(31-18-22)35-23-14-15-30-25(17-23)33-27(34)21-12-13-21/h4-11,14-18,21H,3,12-13H2,1-2H3,(H,30,33,34)/b9-5-,19-4+,32-26?. The Labute approximate surface area is 204 Å². The molecular formula is C28H27FN4O2. The summed E-state index contributed by atoms with van der Waals surface area (Å²) in [4.78, 5) is 24.9. The van der Waals surface area contributed by atoms with Crippen LogP contribution in [0.2, 0.25) is 0 Å². The number of amides is 1. The minimum absolute atomic E-state index is 0.0508. The molecule has 1 aliphatic carbocycles. The van der Waals surface area contributed by atoms with Crippen molar-refractivity contribution in [3.05, 3.63) is 96.1 Å². The number of rotatable bonds is 9. The summed E-state index contributed by atoms with van der Waals surface area (Å²) in [5.41, 5.74) is 2.93. The van der Waals surface area contributed by atoms with Crippen molar-refractivity contribution in [1.82, 2.24) is 9.97 Å². The van der Waals surface area contributed by atoms with Gasteiger partial charge in [0.15, 0.2) is 5.82 Å². The molecule has 0 atom stereocenters. The lowest BCUT2D eigenvalue weighted by Crippen LogP contribution is -2.14. The fourth-order valence-electron chi connectivity index (χ4n) is 3.36. The van der Waals surface area contributed by atoms with Crippen LogP contribution in [-0.4, -0.2) is 21.6 Å². The molecule has 0 saturated heterocycles. The van der Waals surface area contributed by atoms with Gasteiger partial charge in [-0.25, -0.2) is 19.4 Å². The van der Waals surface area contributed by atoms with E-state index in [-0.39, 0.29) is 17.7 Å². The molecule has 1 aliphatic rings. The Morgan fingerprint density at radius 2 is 2.00 bits per heavy atom. The number of ether oxygens (including phenoxy) is 1. The summed E-state index contributed by atoms with van der Waals surface area (Å²) < 4.78 is 20.6. The highest BCUT2D eigenvalue weighted by Gasteiger charge is 2.29. The number of halogens is 1. The third-order valence-corrected chi connectivity index (χ3v) is 5.34. The molecule has 178 valence electrons. The monoisotopic (exact) mass is 470 g/mol. The summed E-state index contributed by atoms with van der Waals surface area (Å²) in [6, 6.07) is 14.2. The van der Waals surface area contributed by atoms with Crippen LogP contribution >= 0.6 is 0 Å². The van der Waals surface area contributed by atoms with Crippen molar-refractivity contribution < 1.29 is 13.9 Å². The lowest BCUT2D eigenvalue weighted by molar-refractivity contribution is -0.117. The molecule has 4 rings (SSSR count). The lowest BCUT2D eigenvalue weighted by atomic mass is 10.0. The number of allylic oxidation sites excluding steroid dienone is 4. The van der Waals surface area contributed by atoms with Crippen molar-refractivity contribution in [2.45, 2.75) is 33.1 Å². The number of carbonyl (C=O) groups is 1. The highest BCUT2D eigenvalue weighted by molar-refractivity contribution is 6.15. The molecule has 3 aromatic rings. The summed E-state index contributed by atoms with van der Waals surface area (Å²) in [7, 11) is 0. The zero-order valence-electron chi connectivity index (χ0n) is 19.7. The molecular weight excluding hydrogens is 443 g/mol. The van der Waals surface area contributed by atoms with E-state index in [9.17, 15) is 9.18 Å². The number of hydrogen-bond donors (Lipinski definition) is 1. The van der Waals surface area contributed by atoms with Gasteiger partial charge in [-0.3, -0.25) is 4.79 Å². The first kappa shape index (κ1) is 24.0. The summed E-state index contributed by atoms with van der Waals surface area (Å²) in [6.07, 6.45) is 11.7. The number of benzene rings is 1. The topological polar surface area (TPSA) is 76.5 Å². The average molecular weight is 471 g/mol. The van der Waals surface area contributed by atoms with Gasteiger partial charge in [0.25, 0.3) is 5.88 Å². The number of anilines is 1. The van der Waals surface area contributed by atoms with E-state index >= 15 is 0 Å². The van der Waals surface area contributed by atoms with E-state index in [1.807, 2.05) is 49.4 Å². The van der Waals surface area contributed by atoms with Gasteiger partial charge in [0.1, 0.15) is 11.6 Å². The second-order valence-corrected chi connectivity index (χ2v) is 8.10. The summed E-state index contributed by atoms with van der Waals surface area (Å²) >= 11 is 0. The van der Waals surface area contributed by atoms with Gasteiger partial charge < -0.3 is 10.1 Å². The molecule has 2 aromatic heterocycles. The van der Waals surface area contributed by atoms with E-state index in [2.05, 4.69) is 28.3 Å². The molecule has 0 radical (unpaired) electrons. The van der Waals surface area contributed by atoms with Crippen LogP contribution < -0.4 is 10.1 Å². The molecule has 6 nitrogen and oxygen atoms in total. The van der Waals surface area contributed by atoms with Gasteiger partial charge in [0, 0.05) is 29.8 Å². The number of carbonyl (C=O) groups excluding carboxylic acids is 1. The molecule has 1 N–H and O–H groups in total. The smallest absolute Gasteiger partial charge is 0.256 e. The van der Waals surface area contributed by atoms with Crippen LogP contribution in [0.3, 0.4) is 0 Å². The van der Waals surface area contributed by atoms with Gasteiger partial charge in [-0.2, -0.15) is 0 Å². The van der Waals surface area contributed by atoms with Gasteiger partial charge in [-0.15, -0.1) is 0 Å². The van der Waals surface area contributed by atoms with E-state index in [1.165, 1.54) is 18.5 Å². The molecule has 1 saturated carbocycles. The third-order valence-electron chi connectivity index (χ3n) is 5.34. The van der Waals surface area contributed by atoms with Gasteiger partial charge in [0.05, 0.1) is 17.6 Å². The maximum absolute atomic E-state index is 14.9. The summed E-state index contributed by atoms with van der Waals surface area (Å²) in [5.74, 6) is -0.176. The fourth-order valence-corrected chi connectivity index (χ4v) is 3.36. The zero-order valence-corrected chi connectivity index (χ0v) is 19.7. The first-order valence-electron chi connectivity index (χ1n) is 11.6. The predicted molar refractivity (Wildman–Crippen MR) is 136 cm³/mol. The Morgan fingerprint density at radius 1 is 1.20 bits per heavy atom. The van der Waals surface area contributed by atoms with Crippen LogP contribution in [0.4, 0.5) is 15.9 Å². The molecule has 0 spiro atoms. The van der Waals surface area contributed by atoms with Crippen molar-refractivity contribution in [1.29, 1.82) is 0 Å². The van der Waals surface area contributed by atoms with E-state index in [1.54, 1.807) is 12.1 Å². The molecule has 0 unspecified atom stereocenters. The number of pyridine rings is 2. The van der Waals surface area contributed by atoms with Gasteiger partial charge >= 0.3 is 0 Å². The normalized spacial score (nSPS) is 14.3. The van der Waals surface area contributed by atoms with Crippen molar-refractivity contribution in [3.63, 3.8) is 0 Å². The second kappa shape index (κ2) is 11.3. The quantitative estimate of drug-likeness (QED) is 0.276. The van der Waals surface area contributed by atoms with Crippen molar-refractivity contribution in [2.24, 2.45) is 10.9 Å². The van der Waals surface area contributed by atoms with E-state index < -0.39 is 5.82 Å². The molecule has 1 aromatic carbocycles. The highest BCUT2D eigenvalue weighted by atomic mass is 19.1. The largest absolute Gasteiger partial charge is 0.436 e. The van der Waals surface area contributed by atoms with Gasteiger partial charge in [0.2, 0.25) is 5.91 Å². The molecule has 1 fully saturated rings. The minimum atomic E-state index is -0.648. The number of nitrogens with one attached hydrogen (secondary N) is 1. The molecule has 35 heavy (non-hydrogen) atoms. The molecule has 1 amide bonds. The van der Waals surface area contributed by atoms with Crippen molar-refractivity contribution >= 4 is 23.1 Å². The van der Waals surface area contributed by atoms with Gasteiger partial charge in [-0.1, -0.05) is 55.5 Å². The molecule has 7 heteroatoms. The van der Waals surface area contributed by atoms with E-state index in [0.717, 1.165) is 36.1 Å². The van der Waals surface area contributed by atoms with Crippen molar-refractivity contribution in [3.8, 4) is 11.6 Å². The van der Waals surface area contributed by atoms with Crippen LogP contribution in [0.25, 0.3) is 0 Å². The Bertz CT molecular complexity index is 1280. The Morgan fingerprint density at radius 3 is 2.69 bits per heavy atom. The van der Waals surface area contributed by atoms with Crippen LogP contribution in [0.5, 0.6) is 11.6 Å². The average Bonchev–Trinajstić information content (AvgIpc) is 3.72. The van der Waals surface area contributed by atoms with Crippen LogP contribution in [-0.2, 0) is 4.79 Å².